The molecule has 0 bridgehead atoms. The Morgan fingerprint density at radius 2 is 1.62 bits per heavy atom. The predicted molar refractivity (Wildman–Crippen MR) is 96.5 cm³/mol. The fourth-order valence-electron chi connectivity index (χ4n) is 1.99. The lowest BCUT2D eigenvalue weighted by Crippen LogP contribution is -2.28. The van der Waals surface area contributed by atoms with E-state index >= 15 is 0 Å². The van der Waals surface area contributed by atoms with Crippen molar-refractivity contribution in [2.45, 2.75) is 12.3 Å². The van der Waals surface area contributed by atoms with Gasteiger partial charge in [-0.3, -0.25) is 4.79 Å². The standard InChI is InChI=1S/C17H18BrNO4S/c1-24(21,22)12-14-4-2-13(3-5-14)10-19-17(20)11-23-16-8-6-15(18)7-9-16/h2-9H,10-12H2,1H3,(H,19,20). The molecule has 0 aliphatic heterocycles. The molecular formula is C17H18BrNO4S. The molecule has 0 atom stereocenters. The number of carbonyl (C=O) groups is 1. The normalized spacial score (nSPS) is 11.1. The van der Waals surface area contributed by atoms with E-state index in [1.807, 2.05) is 12.1 Å². The molecule has 0 fully saturated rings. The maximum Gasteiger partial charge on any atom is 0.258 e. The van der Waals surface area contributed by atoms with Gasteiger partial charge in [0.15, 0.2) is 16.4 Å². The van der Waals surface area contributed by atoms with Crippen LogP contribution in [-0.2, 0) is 26.9 Å². The molecule has 0 radical (unpaired) electrons. The zero-order valence-corrected chi connectivity index (χ0v) is 15.6. The summed E-state index contributed by atoms with van der Waals surface area (Å²) in [7, 11) is -3.04. The van der Waals surface area contributed by atoms with E-state index in [1.165, 1.54) is 6.26 Å². The number of nitrogens with one attached hydrogen (secondary N) is 1. The molecule has 2 aromatic rings. The van der Waals surface area contributed by atoms with Crippen molar-refractivity contribution in [1.82, 2.24) is 5.32 Å². The monoisotopic (exact) mass is 411 g/mol. The summed E-state index contributed by atoms with van der Waals surface area (Å²) in [6.07, 6.45) is 1.20. The zero-order valence-electron chi connectivity index (χ0n) is 13.2. The molecule has 24 heavy (non-hydrogen) atoms. The molecule has 2 rings (SSSR count). The van der Waals surface area contributed by atoms with E-state index in [0.29, 0.717) is 12.3 Å². The third-order valence-corrected chi connectivity index (χ3v) is 4.51. The first-order chi connectivity index (χ1) is 11.3. The van der Waals surface area contributed by atoms with Crippen molar-refractivity contribution < 1.29 is 17.9 Å². The Hall–Kier alpha value is -1.86. The zero-order chi connectivity index (χ0) is 17.6. The van der Waals surface area contributed by atoms with E-state index < -0.39 is 9.84 Å². The Bertz CT molecular complexity index is 786. The molecule has 7 heteroatoms. The number of carbonyl (C=O) groups excluding carboxylic acids is 1. The van der Waals surface area contributed by atoms with Crippen molar-refractivity contribution in [1.29, 1.82) is 0 Å². The Morgan fingerprint density at radius 1 is 1.04 bits per heavy atom. The van der Waals surface area contributed by atoms with Crippen molar-refractivity contribution >= 4 is 31.7 Å². The topological polar surface area (TPSA) is 72.5 Å². The van der Waals surface area contributed by atoms with E-state index in [1.54, 1.807) is 36.4 Å². The van der Waals surface area contributed by atoms with Gasteiger partial charge in [0, 0.05) is 17.3 Å². The lowest BCUT2D eigenvalue weighted by molar-refractivity contribution is -0.123. The summed E-state index contributed by atoms with van der Waals surface area (Å²) in [5.74, 6) is 0.414. The van der Waals surface area contributed by atoms with Gasteiger partial charge in [-0.05, 0) is 35.4 Å². The van der Waals surface area contributed by atoms with Crippen LogP contribution >= 0.6 is 15.9 Å². The fourth-order valence-corrected chi connectivity index (χ4v) is 3.05. The minimum Gasteiger partial charge on any atom is -0.484 e. The van der Waals surface area contributed by atoms with Gasteiger partial charge in [0.25, 0.3) is 5.91 Å². The van der Waals surface area contributed by atoms with Crippen LogP contribution in [0.2, 0.25) is 0 Å². The molecular weight excluding hydrogens is 394 g/mol. The summed E-state index contributed by atoms with van der Waals surface area (Å²) >= 11 is 3.33. The summed E-state index contributed by atoms with van der Waals surface area (Å²) in [6.45, 7) is 0.301. The Morgan fingerprint density at radius 3 is 2.21 bits per heavy atom. The number of sulfone groups is 1. The van der Waals surface area contributed by atoms with E-state index in [0.717, 1.165) is 15.6 Å². The second-order valence-corrected chi connectivity index (χ2v) is 8.46. The number of hydrogen-bond donors (Lipinski definition) is 1. The first kappa shape index (κ1) is 18.5. The van der Waals surface area contributed by atoms with Crippen molar-refractivity contribution in [3.8, 4) is 5.75 Å². The first-order valence-electron chi connectivity index (χ1n) is 7.22. The molecule has 0 spiro atoms. The number of rotatable bonds is 7. The smallest absolute Gasteiger partial charge is 0.258 e. The second-order valence-electron chi connectivity index (χ2n) is 5.41. The van der Waals surface area contributed by atoms with Crippen molar-refractivity contribution in [3.05, 3.63) is 64.1 Å². The Balaban J connectivity index is 1.78. The van der Waals surface area contributed by atoms with Crippen molar-refractivity contribution in [2.24, 2.45) is 0 Å². The summed E-state index contributed by atoms with van der Waals surface area (Å²) in [5.41, 5.74) is 1.62. The number of benzene rings is 2. The number of amides is 1. The van der Waals surface area contributed by atoms with Crippen LogP contribution in [0.15, 0.2) is 53.0 Å². The quantitative estimate of drug-likeness (QED) is 0.759. The second kappa shape index (κ2) is 8.30. The number of hydrogen-bond acceptors (Lipinski definition) is 4. The molecule has 0 aliphatic rings. The van der Waals surface area contributed by atoms with E-state index in [9.17, 15) is 13.2 Å². The largest absolute Gasteiger partial charge is 0.484 e. The third kappa shape index (κ3) is 6.72. The van der Waals surface area contributed by atoms with Crippen molar-refractivity contribution in [3.63, 3.8) is 0 Å². The van der Waals surface area contributed by atoms with Crippen LogP contribution in [0.4, 0.5) is 0 Å². The van der Waals surface area contributed by atoms with Crippen molar-refractivity contribution in [2.75, 3.05) is 12.9 Å². The highest BCUT2D eigenvalue weighted by Crippen LogP contribution is 2.15. The average molecular weight is 412 g/mol. The molecule has 1 N–H and O–H groups in total. The predicted octanol–water partition coefficient (Wildman–Crippen LogP) is 2.69. The number of halogens is 1. The minimum absolute atomic E-state index is 0.0146. The number of ether oxygens (including phenoxy) is 1. The van der Waals surface area contributed by atoms with Crippen LogP contribution in [0.5, 0.6) is 5.75 Å². The minimum atomic E-state index is -3.04. The van der Waals surface area contributed by atoms with Crippen LogP contribution < -0.4 is 10.1 Å². The summed E-state index contributed by atoms with van der Waals surface area (Å²) in [6, 6.07) is 14.3. The van der Waals surface area contributed by atoms with E-state index in [2.05, 4.69) is 21.2 Å². The molecule has 0 saturated heterocycles. The lowest BCUT2D eigenvalue weighted by Gasteiger charge is -2.08. The van der Waals surface area contributed by atoms with Gasteiger partial charge in [0.05, 0.1) is 5.75 Å². The van der Waals surface area contributed by atoms with Gasteiger partial charge < -0.3 is 10.1 Å². The Kier molecular flexibility index (Phi) is 6.39. The van der Waals surface area contributed by atoms with Crippen LogP contribution in [0.1, 0.15) is 11.1 Å². The molecule has 5 nitrogen and oxygen atoms in total. The highest BCUT2D eigenvalue weighted by atomic mass is 79.9. The summed E-state index contributed by atoms with van der Waals surface area (Å²) < 4.78 is 28.8. The van der Waals surface area contributed by atoms with Gasteiger partial charge in [-0.25, -0.2) is 8.42 Å². The molecule has 0 saturated carbocycles. The van der Waals surface area contributed by atoms with Gasteiger partial charge in [-0.1, -0.05) is 40.2 Å². The maximum absolute atomic E-state index is 11.8. The molecule has 0 unspecified atom stereocenters. The van der Waals surface area contributed by atoms with E-state index in [-0.39, 0.29) is 18.3 Å². The van der Waals surface area contributed by atoms with Gasteiger partial charge >= 0.3 is 0 Å². The SMILES string of the molecule is CS(=O)(=O)Cc1ccc(CNC(=O)COc2ccc(Br)cc2)cc1. The average Bonchev–Trinajstić information content (AvgIpc) is 2.52. The molecule has 1 amide bonds. The van der Waals surface area contributed by atoms with Gasteiger partial charge in [0.2, 0.25) is 0 Å². The molecule has 0 aliphatic carbocycles. The van der Waals surface area contributed by atoms with Gasteiger partial charge in [-0.15, -0.1) is 0 Å². The lowest BCUT2D eigenvalue weighted by atomic mass is 10.1. The van der Waals surface area contributed by atoms with Gasteiger partial charge in [-0.2, -0.15) is 0 Å². The van der Waals surface area contributed by atoms with E-state index in [4.69, 9.17) is 4.74 Å². The molecule has 2 aromatic carbocycles. The molecule has 128 valence electrons. The van der Waals surface area contributed by atoms with Gasteiger partial charge in [0.1, 0.15) is 5.75 Å². The van der Waals surface area contributed by atoms with Crippen LogP contribution in [0, 0.1) is 0 Å². The van der Waals surface area contributed by atoms with Crippen LogP contribution in [-0.4, -0.2) is 27.2 Å². The van der Waals surface area contributed by atoms with Crippen LogP contribution in [0.3, 0.4) is 0 Å². The summed E-state index contributed by atoms with van der Waals surface area (Å²) in [5, 5.41) is 2.76. The van der Waals surface area contributed by atoms with Crippen LogP contribution in [0.25, 0.3) is 0 Å². The molecule has 0 heterocycles. The highest BCUT2D eigenvalue weighted by Gasteiger charge is 2.06. The first-order valence-corrected chi connectivity index (χ1v) is 10.1. The summed E-state index contributed by atoms with van der Waals surface area (Å²) in [4.78, 5) is 11.8. The Labute approximate surface area is 150 Å². The molecule has 0 aromatic heterocycles. The third-order valence-electron chi connectivity index (χ3n) is 3.13. The fraction of sp³-hybridized carbons (Fsp3) is 0.235. The maximum atomic E-state index is 11.8. The highest BCUT2D eigenvalue weighted by molar-refractivity contribution is 9.10.